The number of nitrogens with one attached hydrogen (secondary N) is 1. The maximum absolute atomic E-state index is 10.2. The first-order valence-electron chi connectivity index (χ1n) is 3.80. The molecule has 0 amide bonds. The van der Waals surface area contributed by atoms with E-state index >= 15 is 0 Å². The Kier molecular flexibility index (Phi) is 2.86. The van der Waals surface area contributed by atoms with Crippen LogP contribution in [0.2, 0.25) is 0 Å². The van der Waals surface area contributed by atoms with Crippen LogP contribution in [0, 0.1) is 5.92 Å². The summed E-state index contributed by atoms with van der Waals surface area (Å²) < 4.78 is 30.9. The molecule has 0 spiro atoms. The van der Waals surface area contributed by atoms with Crippen LogP contribution in [0.1, 0.15) is 25.7 Å². The van der Waals surface area contributed by atoms with Crippen molar-refractivity contribution in [3.05, 3.63) is 0 Å². The maximum atomic E-state index is 10.2. The molecule has 4 nitrogen and oxygen atoms in total. The molecule has 0 aromatic heterocycles. The lowest BCUT2D eigenvalue weighted by molar-refractivity contribution is 0.449. The SMILES string of the molecule is O=S(=O)(O)NCC1CCCC1. The number of hydrogen-bond acceptors (Lipinski definition) is 2. The topological polar surface area (TPSA) is 66.4 Å². The van der Waals surface area contributed by atoms with E-state index in [1.54, 1.807) is 0 Å². The molecule has 1 fully saturated rings. The smallest absolute Gasteiger partial charge is 0.273 e. The Morgan fingerprint density at radius 2 is 1.91 bits per heavy atom. The Balaban J connectivity index is 2.22. The molecule has 1 aliphatic carbocycles. The van der Waals surface area contributed by atoms with Crippen molar-refractivity contribution >= 4 is 10.3 Å². The standard InChI is InChI=1S/C6H13NO3S/c8-11(9,10)7-5-6-3-1-2-4-6/h6-7H,1-5H2,(H,8,9,10). The lowest BCUT2D eigenvalue weighted by Gasteiger charge is -2.06. The highest BCUT2D eigenvalue weighted by Gasteiger charge is 2.16. The molecule has 11 heavy (non-hydrogen) atoms. The fourth-order valence-corrected chi connectivity index (χ4v) is 1.88. The molecule has 0 heterocycles. The average Bonchev–Trinajstić information content (AvgIpc) is 2.32. The van der Waals surface area contributed by atoms with Gasteiger partial charge in [-0.1, -0.05) is 12.8 Å². The minimum Gasteiger partial charge on any atom is -0.273 e. The van der Waals surface area contributed by atoms with Gasteiger partial charge in [0, 0.05) is 6.54 Å². The molecule has 1 aliphatic rings. The van der Waals surface area contributed by atoms with E-state index in [2.05, 4.69) is 4.72 Å². The summed E-state index contributed by atoms with van der Waals surface area (Å²) in [6.07, 6.45) is 4.50. The second kappa shape index (κ2) is 3.51. The number of rotatable bonds is 3. The largest absolute Gasteiger partial charge is 0.333 e. The third kappa shape index (κ3) is 3.69. The van der Waals surface area contributed by atoms with Gasteiger partial charge in [-0.3, -0.25) is 4.55 Å². The molecule has 0 radical (unpaired) electrons. The van der Waals surface area contributed by atoms with Gasteiger partial charge in [-0.25, -0.2) is 0 Å². The van der Waals surface area contributed by atoms with Gasteiger partial charge in [-0.2, -0.15) is 13.1 Å². The highest BCUT2D eigenvalue weighted by molar-refractivity contribution is 7.83. The summed E-state index contributed by atoms with van der Waals surface area (Å²) in [5.41, 5.74) is 0. The van der Waals surface area contributed by atoms with Crippen molar-refractivity contribution < 1.29 is 13.0 Å². The first-order chi connectivity index (χ1) is 5.08. The zero-order valence-corrected chi connectivity index (χ0v) is 7.10. The van der Waals surface area contributed by atoms with Gasteiger partial charge in [-0.05, 0) is 18.8 Å². The van der Waals surface area contributed by atoms with Crippen molar-refractivity contribution in [1.82, 2.24) is 4.72 Å². The normalized spacial score (nSPS) is 20.8. The molecule has 5 heteroatoms. The van der Waals surface area contributed by atoms with E-state index in [9.17, 15) is 8.42 Å². The van der Waals surface area contributed by atoms with Crippen molar-refractivity contribution in [2.24, 2.45) is 5.92 Å². The summed E-state index contributed by atoms with van der Waals surface area (Å²) in [4.78, 5) is 0. The lowest BCUT2D eigenvalue weighted by atomic mass is 10.1. The van der Waals surface area contributed by atoms with Gasteiger partial charge in [0.15, 0.2) is 0 Å². The third-order valence-electron chi connectivity index (χ3n) is 2.03. The van der Waals surface area contributed by atoms with Crippen LogP contribution in [0.4, 0.5) is 0 Å². The monoisotopic (exact) mass is 179 g/mol. The van der Waals surface area contributed by atoms with Crippen LogP contribution in [0.25, 0.3) is 0 Å². The lowest BCUT2D eigenvalue weighted by Crippen LogP contribution is -2.27. The second-order valence-electron chi connectivity index (χ2n) is 2.97. The third-order valence-corrected chi connectivity index (χ3v) is 2.56. The molecule has 1 saturated carbocycles. The minimum absolute atomic E-state index is 0.388. The van der Waals surface area contributed by atoms with Crippen LogP contribution >= 0.6 is 0 Å². The van der Waals surface area contributed by atoms with Gasteiger partial charge < -0.3 is 0 Å². The Labute approximate surface area is 66.9 Å². The van der Waals surface area contributed by atoms with E-state index in [1.807, 2.05) is 0 Å². The predicted octanol–water partition coefficient (Wildman–Crippen LogP) is 0.569. The Morgan fingerprint density at radius 3 is 2.36 bits per heavy atom. The van der Waals surface area contributed by atoms with Gasteiger partial charge >= 0.3 is 10.3 Å². The van der Waals surface area contributed by atoms with Crippen molar-refractivity contribution in [3.63, 3.8) is 0 Å². The predicted molar refractivity (Wildman–Crippen MR) is 41.5 cm³/mol. The van der Waals surface area contributed by atoms with Gasteiger partial charge in [0.05, 0.1) is 0 Å². The molecule has 0 saturated heterocycles. The summed E-state index contributed by atoms with van der Waals surface area (Å²) in [6, 6.07) is 0. The summed E-state index contributed by atoms with van der Waals surface area (Å²) in [5, 5.41) is 0. The molecule has 0 bridgehead atoms. The van der Waals surface area contributed by atoms with E-state index in [0.29, 0.717) is 12.5 Å². The van der Waals surface area contributed by atoms with E-state index in [1.165, 1.54) is 12.8 Å². The molecule has 0 aliphatic heterocycles. The highest BCUT2D eigenvalue weighted by atomic mass is 32.2. The molecule has 0 atom stereocenters. The van der Waals surface area contributed by atoms with Crippen LogP contribution in [0.5, 0.6) is 0 Å². The molecule has 2 N–H and O–H groups in total. The molecule has 0 aromatic carbocycles. The van der Waals surface area contributed by atoms with Crippen LogP contribution in [0.3, 0.4) is 0 Å². The summed E-state index contributed by atoms with van der Waals surface area (Å²) in [7, 11) is -3.96. The average molecular weight is 179 g/mol. The zero-order chi connectivity index (χ0) is 8.32. The van der Waals surface area contributed by atoms with Crippen molar-refractivity contribution in [2.45, 2.75) is 25.7 Å². The first kappa shape index (κ1) is 8.96. The minimum atomic E-state index is -3.96. The van der Waals surface area contributed by atoms with Gasteiger partial charge in [-0.15, -0.1) is 0 Å². The summed E-state index contributed by atoms with van der Waals surface area (Å²) in [5.74, 6) is 0.428. The zero-order valence-electron chi connectivity index (χ0n) is 6.28. The van der Waals surface area contributed by atoms with Gasteiger partial charge in [0.25, 0.3) is 0 Å². The Bertz CT molecular complexity index is 206. The van der Waals surface area contributed by atoms with Crippen LogP contribution in [-0.2, 0) is 10.3 Å². The molecule has 0 aromatic rings. The molecular formula is C6H13NO3S. The van der Waals surface area contributed by atoms with E-state index in [0.717, 1.165) is 12.8 Å². The number of hydrogen-bond donors (Lipinski definition) is 2. The van der Waals surface area contributed by atoms with Crippen molar-refractivity contribution in [1.29, 1.82) is 0 Å². The molecule has 66 valence electrons. The fraction of sp³-hybridized carbons (Fsp3) is 1.00. The summed E-state index contributed by atoms with van der Waals surface area (Å²) in [6.45, 7) is 0.388. The second-order valence-corrected chi connectivity index (χ2v) is 4.21. The van der Waals surface area contributed by atoms with Crippen molar-refractivity contribution in [3.8, 4) is 0 Å². The molecule has 0 unspecified atom stereocenters. The maximum Gasteiger partial charge on any atom is 0.333 e. The van der Waals surface area contributed by atoms with Gasteiger partial charge in [0.2, 0.25) is 0 Å². The Morgan fingerprint density at radius 1 is 1.36 bits per heavy atom. The highest BCUT2D eigenvalue weighted by Crippen LogP contribution is 2.23. The van der Waals surface area contributed by atoms with Gasteiger partial charge in [0.1, 0.15) is 0 Å². The molecular weight excluding hydrogens is 166 g/mol. The van der Waals surface area contributed by atoms with Crippen LogP contribution in [-0.4, -0.2) is 19.5 Å². The van der Waals surface area contributed by atoms with Crippen molar-refractivity contribution in [2.75, 3.05) is 6.54 Å². The van der Waals surface area contributed by atoms with E-state index < -0.39 is 10.3 Å². The van der Waals surface area contributed by atoms with Crippen LogP contribution < -0.4 is 4.72 Å². The Hall–Kier alpha value is -0.130. The molecule has 1 rings (SSSR count). The first-order valence-corrected chi connectivity index (χ1v) is 5.24. The quantitative estimate of drug-likeness (QED) is 0.622. The fourth-order valence-electron chi connectivity index (χ4n) is 1.44. The van der Waals surface area contributed by atoms with E-state index in [-0.39, 0.29) is 0 Å². The van der Waals surface area contributed by atoms with Crippen LogP contribution in [0.15, 0.2) is 0 Å². The summed E-state index contributed by atoms with van der Waals surface area (Å²) >= 11 is 0. The van der Waals surface area contributed by atoms with E-state index in [4.69, 9.17) is 4.55 Å².